The molecule has 0 aliphatic heterocycles. The molecule has 0 amide bonds. The van der Waals surface area contributed by atoms with Crippen molar-refractivity contribution >= 4 is 24.2 Å². The van der Waals surface area contributed by atoms with E-state index in [-0.39, 0.29) is 31.1 Å². The Bertz CT molecular complexity index is 1840. The quantitative estimate of drug-likeness (QED) is 0.149. The maximum Gasteiger partial charge on any atom is 0.345 e. The summed E-state index contributed by atoms with van der Waals surface area (Å²) in [7, 11) is 1.97. The van der Waals surface area contributed by atoms with Gasteiger partial charge in [-0.2, -0.15) is 0 Å². The van der Waals surface area contributed by atoms with Crippen molar-refractivity contribution < 1.29 is 18.7 Å². The van der Waals surface area contributed by atoms with Gasteiger partial charge in [0, 0.05) is 30.4 Å². The first-order valence-electron chi connectivity index (χ1n) is 14.9. The summed E-state index contributed by atoms with van der Waals surface area (Å²) in [6.07, 6.45) is 3.83. The average molecular weight is 631 g/mol. The van der Waals surface area contributed by atoms with E-state index in [0.717, 1.165) is 16.9 Å². The number of fused-ring (bicyclic) bond motifs is 1. The van der Waals surface area contributed by atoms with Gasteiger partial charge in [0.2, 0.25) is 5.78 Å². The molecule has 1 fully saturated rings. The Morgan fingerprint density at radius 3 is 2.40 bits per heavy atom. The summed E-state index contributed by atoms with van der Waals surface area (Å²) in [4.78, 5) is 34.1. The van der Waals surface area contributed by atoms with Gasteiger partial charge in [-0.05, 0) is 68.6 Å². The van der Waals surface area contributed by atoms with Crippen molar-refractivity contribution in [1.29, 1.82) is 0 Å². The Labute approximate surface area is 267 Å². The Hall–Kier alpha value is -4.47. The lowest BCUT2D eigenvalue weighted by atomic mass is 10.1. The molecule has 1 aliphatic carbocycles. The number of benzene rings is 3. The number of carbonyl (C=O) groups excluding carboxylic acids is 1. The predicted molar refractivity (Wildman–Crippen MR) is 173 cm³/mol. The molecule has 0 atom stereocenters. The van der Waals surface area contributed by atoms with E-state index >= 15 is 0 Å². The van der Waals surface area contributed by atoms with Gasteiger partial charge in [0.05, 0.1) is 31.1 Å². The molecule has 0 spiro atoms. The molecule has 8 nitrogen and oxygen atoms in total. The van der Waals surface area contributed by atoms with Crippen LogP contribution in [0.1, 0.15) is 46.9 Å². The van der Waals surface area contributed by atoms with Gasteiger partial charge in [0.1, 0.15) is 17.1 Å². The summed E-state index contributed by atoms with van der Waals surface area (Å²) < 4.78 is 29.1. The number of hydrogen-bond donors (Lipinski definition) is 0. The Kier molecular flexibility index (Phi) is 10.0. The summed E-state index contributed by atoms with van der Waals surface area (Å²) in [5.74, 6) is 0.583. The van der Waals surface area contributed by atoms with E-state index in [1.165, 1.54) is 29.5 Å². The highest BCUT2D eigenvalue weighted by atomic mass is 35.5. The minimum atomic E-state index is -0.738. The maximum atomic E-state index is 14.8. The van der Waals surface area contributed by atoms with E-state index in [2.05, 4.69) is 4.90 Å². The fourth-order valence-corrected chi connectivity index (χ4v) is 5.30. The second kappa shape index (κ2) is 14.1. The van der Waals surface area contributed by atoms with Gasteiger partial charge in [-0.1, -0.05) is 48.5 Å². The number of hydrogen-bond acceptors (Lipinski definition) is 6. The zero-order valence-corrected chi connectivity index (χ0v) is 26.1. The molecule has 0 N–H and O–H groups in total. The van der Waals surface area contributed by atoms with Crippen LogP contribution < -0.4 is 10.3 Å². The molecule has 3 aromatic carbocycles. The highest BCUT2D eigenvalue weighted by molar-refractivity contribution is 5.89. The molecule has 2 heterocycles. The van der Waals surface area contributed by atoms with Crippen LogP contribution in [0.4, 0.5) is 4.39 Å². The number of carbonyl (C=O) groups is 1. The molecule has 0 radical (unpaired) electrons. The van der Waals surface area contributed by atoms with E-state index in [9.17, 15) is 14.0 Å². The van der Waals surface area contributed by atoms with Crippen LogP contribution in [-0.2, 0) is 24.4 Å². The Morgan fingerprint density at radius 2 is 1.71 bits per heavy atom. The van der Waals surface area contributed by atoms with E-state index in [1.807, 2.05) is 61.6 Å². The summed E-state index contributed by atoms with van der Waals surface area (Å²) in [6.45, 7) is 3.54. The summed E-state index contributed by atoms with van der Waals surface area (Å²) in [6, 6.07) is 24.2. The van der Waals surface area contributed by atoms with Crippen molar-refractivity contribution in [3.8, 4) is 17.0 Å². The lowest BCUT2D eigenvalue weighted by molar-refractivity contribution is 0.0523. The average Bonchev–Trinajstić information content (AvgIpc) is 3.78. The van der Waals surface area contributed by atoms with E-state index in [1.54, 1.807) is 29.7 Å². The molecule has 45 heavy (non-hydrogen) atoms. The third kappa shape index (κ3) is 7.27. The van der Waals surface area contributed by atoms with Crippen molar-refractivity contribution in [1.82, 2.24) is 18.9 Å². The minimum absolute atomic E-state index is 0. The van der Waals surface area contributed by atoms with Crippen molar-refractivity contribution in [2.75, 3.05) is 20.3 Å². The topological polar surface area (TPSA) is 78.1 Å². The van der Waals surface area contributed by atoms with Gasteiger partial charge >= 0.3 is 5.97 Å². The Morgan fingerprint density at radius 1 is 1.00 bits per heavy atom. The smallest absolute Gasteiger partial charge is 0.345 e. The number of rotatable bonds is 12. The standard InChI is InChI=1S/C35H35FN4O4.ClH/c1-3-43-34(42)29-21-39(20-27-11-7-8-12-30(27)36)35-37-32(26-15-17-28(18-16-26)44-23-25-13-14-25)31(40(35)33(29)41)22-38(2)19-24-9-5-4-6-10-24;/h4-12,15-18,21,25H,3,13-14,19-20,22-23H2,1-2H3;1H. The summed E-state index contributed by atoms with van der Waals surface area (Å²) in [5, 5.41) is 0. The second-order valence-corrected chi connectivity index (χ2v) is 11.3. The molecular weight excluding hydrogens is 595 g/mol. The van der Waals surface area contributed by atoms with Crippen molar-refractivity contribution in [3.05, 3.63) is 124 Å². The number of nitrogens with zero attached hydrogens (tertiary/aromatic N) is 4. The van der Waals surface area contributed by atoms with E-state index < -0.39 is 17.3 Å². The molecular formula is C35H36ClFN4O4. The van der Waals surface area contributed by atoms with Gasteiger partial charge in [0.15, 0.2) is 0 Å². The van der Waals surface area contributed by atoms with Gasteiger partial charge < -0.3 is 14.0 Å². The first-order valence-corrected chi connectivity index (χ1v) is 14.9. The molecule has 10 heteroatoms. The fourth-order valence-electron chi connectivity index (χ4n) is 5.30. The molecule has 0 saturated heterocycles. The number of aromatic nitrogens is 3. The van der Waals surface area contributed by atoms with Crippen LogP contribution in [0, 0.1) is 11.7 Å². The summed E-state index contributed by atoms with van der Waals surface area (Å²) >= 11 is 0. The molecule has 234 valence electrons. The van der Waals surface area contributed by atoms with Crippen molar-refractivity contribution in [2.45, 2.75) is 39.4 Å². The molecule has 1 saturated carbocycles. The predicted octanol–water partition coefficient (Wildman–Crippen LogP) is 6.37. The zero-order chi connectivity index (χ0) is 30.6. The van der Waals surface area contributed by atoms with Crippen LogP contribution in [0.5, 0.6) is 5.75 Å². The van der Waals surface area contributed by atoms with Crippen LogP contribution in [0.2, 0.25) is 0 Å². The van der Waals surface area contributed by atoms with E-state index in [0.29, 0.717) is 48.3 Å². The minimum Gasteiger partial charge on any atom is -0.493 e. The zero-order valence-electron chi connectivity index (χ0n) is 25.3. The number of halogens is 2. The van der Waals surface area contributed by atoms with Gasteiger partial charge in [-0.25, -0.2) is 18.6 Å². The molecule has 0 bridgehead atoms. The molecule has 2 aromatic heterocycles. The number of ether oxygens (including phenoxy) is 2. The molecule has 6 rings (SSSR count). The van der Waals surface area contributed by atoms with Crippen LogP contribution in [-0.4, -0.2) is 45.1 Å². The largest absolute Gasteiger partial charge is 0.493 e. The van der Waals surface area contributed by atoms with Crippen LogP contribution in [0.15, 0.2) is 89.9 Å². The maximum absolute atomic E-state index is 14.8. The monoisotopic (exact) mass is 630 g/mol. The van der Waals surface area contributed by atoms with Gasteiger partial charge in [-0.3, -0.25) is 9.69 Å². The highest BCUT2D eigenvalue weighted by Gasteiger charge is 2.25. The van der Waals surface area contributed by atoms with Crippen LogP contribution in [0.3, 0.4) is 0 Å². The molecule has 5 aromatic rings. The normalized spacial score (nSPS) is 12.7. The van der Waals surface area contributed by atoms with Crippen LogP contribution in [0.25, 0.3) is 17.0 Å². The lowest BCUT2D eigenvalue weighted by Gasteiger charge is -2.18. The van der Waals surface area contributed by atoms with Gasteiger partial charge in [-0.15, -0.1) is 12.4 Å². The summed E-state index contributed by atoms with van der Waals surface area (Å²) in [5.41, 5.74) is 2.85. The van der Waals surface area contributed by atoms with Crippen molar-refractivity contribution in [2.24, 2.45) is 5.92 Å². The third-order valence-electron chi connectivity index (χ3n) is 7.75. The number of imidazole rings is 1. The van der Waals surface area contributed by atoms with Gasteiger partial charge in [0.25, 0.3) is 5.56 Å². The fraction of sp³-hybridized carbons (Fsp3) is 0.286. The highest BCUT2D eigenvalue weighted by Crippen LogP contribution is 2.31. The molecule has 1 aliphatic rings. The lowest BCUT2D eigenvalue weighted by Crippen LogP contribution is -2.29. The van der Waals surface area contributed by atoms with Crippen molar-refractivity contribution in [3.63, 3.8) is 0 Å². The van der Waals surface area contributed by atoms with Crippen LogP contribution >= 0.6 is 12.4 Å². The molecule has 0 unspecified atom stereocenters. The second-order valence-electron chi connectivity index (χ2n) is 11.3. The van der Waals surface area contributed by atoms with E-state index in [4.69, 9.17) is 14.5 Å². The number of esters is 1. The first kappa shape index (κ1) is 31.9. The first-order chi connectivity index (χ1) is 21.4. The Balaban J connectivity index is 0.00000400. The SMILES string of the molecule is CCOC(=O)c1cn(Cc2ccccc2F)c2nc(-c3ccc(OCC4CC4)cc3)c(CN(C)Cc3ccccc3)n2c1=O.Cl. The third-order valence-corrected chi connectivity index (χ3v) is 7.75.